The molecule has 5 saturated carbocycles. The van der Waals surface area contributed by atoms with Gasteiger partial charge >= 0.3 is 0 Å². The lowest BCUT2D eigenvalue weighted by atomic mass is 9.78. The third-order valence-corrected chi connectivity index (χ3v) is 19.9. The van der Waals surface area contributed by atoms with Crippen LogP contribution in [0.15, 0.2) is 0 Å². The minimum Gasteiger partial charge on any atom is -0.0656 e. The first kappa shape index (κ1) is 117. The highest BCUT2D eigenvalue weighted by molar-refractivity contribution is 4.77. The van der Waals surface area contributed by atoms with Crippen molar-refractivity contribution in [1.29, 1.82) is 0 Å². The molecule has 0 N–H and O–H groups in total. The van der Waals surface area contributed by atoms with Gasteiger partial charge in [0.2, 0.25) is 0 Å². The second-order valence-corrected chi connectivity index (χ2v) is 34.8. The minimum atomic E-state index is 0.875. The highest BCUT2D eigenvalue weighted by Crippen LogP contribution is 2.36. The molecule has 0 saturated heterocycles. The van der Waals surface area contributed by atoms with Gasteiger partial charge in [0.25, 0.3) is 0 Å². The van der Waals surface area contributed by atoms with Crippen LogP contribution in [0.3, 0.4) is 0 Å². The van der Waals surface area contributed by atoms with Crippen molar-refractivity contribution in [3.8, 4) is 0 Å². The van der Waals surface area contributed by atoms with Gasteiger partial charge in [0, 0.05) is 0 Å². The quantitative estimate of drug-likeness (QED) is 0.0631. The fourth-order valence-electron chi connectivity index (χ4n) is 11.4. The maximum atomic E-state index is 2.39. The maximum Gasteiger partial charge on any atom is -0.0414 e. The second kappa shape index (κ2) is 99.2. The molecule has 0 heterocycles. The molecule has 8 atom stereocenters. The van der Waals surface area contributed by atoms with Gasteiger partial charge in [-0.3, -0.25) is 0 Å². The Morgan fingerprint density at radius 3 is 0.604 bits per heavy atom. The SMILES string of the molecule is CC(C)CC(C)C.CC1CC(C)C1.CC1CC1C.CC1CCC(C)C1.CC1CCC(C)CC1.CC1CCCC(C)CC1.CCC.CCC(C)C.CCCC.CCCC(C)C.CCCC(C)CC.CCCCC(C)CC.CCCCCC.CCCCCCC.CCCCCCCC. The molecule has 96 heavy (non-hydrogen) atoms. The van der Waals surface area contributed by atoms with Crippen LogP contribution in [-0.2, 0) is 0 Å². The summed E-state index contributed by atoms with van der Waals surface area (Å²) in [7, 11) is 0. The molecule has 0 nitrogen and oxygen atoms in total. The molecule has 8 unspecified atom stereocenters. The van der Waals surface area contributed by atoms with Crippen LogP contribution in [0.2, 0.25) is 0 Å². The Morgan fingerprint density at radius 2 is 0.458 bits per heavy atom. The standard InChI is InChI=1S/C9H18.C8H16.2C8H18.C7H14.3C7H16.C6H12.2C6H14.C5H10.C5H12.C4H10.C3H8/c1-8-4-3-5-9(2)7-6-8;1-7-3-5-8(2)6-4-7;1-4-6-7-8(3)5-2;1-3-5-7-8-6-4-2;1-6-3-4-7(2)5-6;1-6(2)5-7(3)4;1-4-6-7(3)5-2;1-3-5-7-6-4-2;1-5-3-6(2)4-5;1-4-5-6(2)3;1-3-5-6-4-2;1-4-3-5(4)2;1-4-5(2)3;1-3-4-2;1-3-2/h8-9H,3-7H2,1-2H3;7-8H,3-6H2,1-2H3;8H,4-7H2,1-3H3;3-8H2,1-2H3;6-7H,3-5H2,1-2H3;6-7H,5H2,1-4H3;7H,4-6H2,1-3H3;3-7H2,1-2H3;5-6H,3-4H2,1-2H3;6H,4-5H2,1-3H3;3-6H2,1-2H3;4-5H,3H2,1-2H3;5H,4H2,1-3H3;3-4H2,1-2H3;3H2,1-2H3. The van der Waals surface area contributed by atoms with E-state index in [-0.39, 0.29) is 0 Å². The van der Waals surface area contributed by atoms with E-state index < -0.39 is 0 Å². The topological polar surface area (TPSA) is 0 Å². The molecule has 0 aliphatic heterocycles. The first-order valence-electron chi connectivity index (χ1n) is 45.3. The molecule has 0 radical (unpaired) electrons. The van der Waals surface area contributed by atoms with Gasteiger partial charge in [-0.2, -0.15) is 0 Å². The normalized spacial score (nSPS) is 22.0. The number of unbranched alkanes of at least 4 members (excludes halogenated alkanes) is 14. The first-order chi connectivity index (χ1) is 45.3. The number of rotatable bonds is 25. The summed E-state index contributed by atoms with van der Waals surface area (Å²) in [6.45, 7) is 81.6. The molecular formula is C96H212. The predicted molar refractivity (Wildman–Crippen MR) is 463 cm³/mol. The number of hydrogen-bond acceptors (Lipinski definition) is 0. The summed E-state index contributed by atoms with van der Waals surface area (Å²) in [5, 5.41) is 0. The molecule has 596 valence electrons. The van der Waals surface area contributed by atoms with E-state index in [1.807, 2.05) is 0 Å². The van der Waals surface area contributed by atoms with Crippen molar-refractivity contribution in [2.75, 3.05) is 0 Å². The predicted octanol–water partition coefficient (Wildman–Crippen LogP) is 37.6. The van der Waals surface area contributed by atoms with Crippen molar-refractivity contribution in [2.24, 2.45) is 94.7 Å². The van der Waals surface area contributed by atoms with E-state index in [1.165, 1.54) is 283 Å². The number of hydrogen-bond donors (Lipinski definition) is 0. The summed E-state index contributed by atoms with van der Waals surface area (Å²) in [6, 6.07) is 0. The van der Waals surface area contributed by atoms with E-state index in [0.29, 0.717) is 0 Å². The van der Waals surface area contributed by atoms with Gasteiger partial charge in [-0.15, -0.1) is 0 Å². The largest absolute Gasteiger partial charge is 0.0656 e. The molecule has 5 rings (SSSR count). The van der Waals surface area contributed by atoms with Crippen LogP contribution in [0.25, 0.3) is 0 Å². The average molecular weight is 1370 g/mol. The molecule has 5 aliphatic carbocycles. The van der Waals surface area contributed by atoms with Crippen molar-refractivity contribution in [3.05, 3.63) is 0 Å². The lowest BCUT2D eigenvalue weighted by molar-refractivity contribution is 0.233. The summed E-state index contributed by atoms with van der Waals surface area (Å²) in [5.74, 6) is 15.7. The van der Waals surface area contributed by atoms with Crippen LogP contribution in [-0.4, -0.2) is 0 Å². The van der Waals surface area contributed by atoms with Crippen molar-refractivity contribution < 1.29 is 0 Å². The third-order valence-electron chi connectivity index (χ3n) is 19.9. The Morgan fingerprint density at radius 1 is 0.219 bits per heavy atom. The molecule has 0 amide bonds. The Bertz CT molecular complexity index is 1100. The van der Waals surface area contributed by atoms with Crippen LogP contribution < -0.4 is 0 Å². The Hall–Kier alpha value is 0. The molecule has 0 bridgehead atoms. The summed E-state index contributed by atoms with van der Waals surface area (Å²) < 4.78 is 0. The minimum absolute atomic E-state index is 0.875. The van der Waals surface area contributed by atoms with Crippen molar-refractivity contribution in [1.82, 2.24) is 0 Å². The molecule has 0 heteroatoms. The van der Waals surface area contributed by atoms with Crippen LogP contribution >= 0.6 is 0 Å². The maximum absolute atomic E-state index is 2.39. The molecule has 0 aromatic heterocycles. The fourth-order valence-corrected chi connectivity index (χ4v) is 11.4. The summed E-state index contributed by atoms with van der Waals surface area (Å²) in [5.41, 5.74) is 0. The monoisotopic (exact) mass is 1370 g/mol. The molecule has 0 spiro atoms. The molecular weight excluding hydrogens is 1150 g/mol. The average Bonchev–Trinajstić information content (AvgIpc) is 2.74. The highest BCUT2D eigenvalue weighted by atomic mass is 14.3. The van der Waals surface area contributed by atoms with Crippen LogP contribution in [0.1, 0.15) is 532 Å². The van der Waals surface area contributed by atoms with Gasteiger partial charge in [0.05, 0.1) is 0 Å². The molecule has 0 aromatic rings. The summed E-state index contributed by atoms with van der Waals surface area (Å²) in [6.07, 6.45) is 62.0. The van der Waals surface area contributed by atoms with Crippen LogP contribution in [0.4, 0.5) is 0 Å². The zero-order chi connectivity index (χ0) is 76.4. The Labute approximate surface area is 622 Å². The van der Waals surface area contributed by atoms with Crippen LogP contribution in [0, 0.1) is 94.7 Å². The van der Waals surface area contributed by atoms with E-state index >= 15 is 0 Å². The Kier molecular flexibility index (Phi) is 121. The van der Waals surface area contributed by atoms with Gasteiger partial charge in [-0.1, -0.05) is 500 Å². The van der Waals surface area contributed by atoms with E-state index in [1.54, 1.807) is 0 Å². The third kappa shape index (κ3) is 137. The Balaban J connectivity index is -0.000000104. The van der Waals surface area contributed by atoms with Gasteiger partial charge in [0.1, 0.15) is 0 Å². The van der Waals surface area contributed by atoms with Gasteiger partial charge < -0.3 is 0 Å². The lowest BCUT2D eigenvalue weighted by Gasteiger charge is -2.28. The zero-order valence-electron chi connectivity index (χ0n) is 76.4. The second-order valence-electron chi connectivity index (χ2n) is 34.8. The molecule has 5 fully saturated rings. The zero-order valence-corrected chi connectivity index (χ0v) is 76.4. The summed E-state index contributed by atoms with van der Waals surface area (Å²) in [4.78, 5) is 0. The lowest BCUT2D eigenvalue weighted by Crippen LogP contribution is -2.16. The van der Waals surface area contributed by atoms with Crippen molar-refractivity contribution >= 4 is 0 Å². The summed E-state index contributed by atoms with van der Waals surface area (Å²) >= 11 is 0. The van der Waals surface area contributed by atoms with Gasteiger partial charge in [-0.25, -0.2) is 0 Å². The van der Waals surface area contributed by atoms with Crippen molar-refractivity contribution in [2.45, 2.75) is 532 Å². The molecule has 5 aliphatic rings. The van der Waals surface area contributed by atoms with Gasteiger partial charge in [0.15, 0.2) is 0 Å². The van der Waals surface area contributed by atoms with Crippen LogP contribution in [0.5, 0.6) is 0 Å². The molecule has 0 aromatic carbocycles. The highest BCUT2D eigenvalue weighted by Gasteiger charge is 2.26. The smallest absolute Gasteiger partial charge is 0.0414 e. The van der Waals surface area contributed by atoms with E-state index in [4.69, 9.17) is 0 Å². The van der Waals surface area contributed by atoms with E-state index in [0.717, 1.165) is 94.7 Å². The van der Waals surface area contributed by atoms with Gasteiger partial charge in [-0.05, 0) is 127 Å². The fraction of sp³-hybridized carbons (Fsp3) is 1.00. The van der Waals surface area contributed by atoms with Crippen molar-refractivity contribution in [3.63, 3.8) is 0 Å². The first-order valence-corrected chi connectivity index (χ1v) is 45.3. The van der Waals surface area contributed by atoms with E-state index in [2.05, 4.69) is 249 Å². The van der Waals surface area contributed by atoms with E-state index in [9.17, 15) is 0 Å².